The second-order valence-corrected chi connectivity index (χ2v) is 7.70. The van der Waals surface area contributed by atoms with Crippen molar-refractivity contribution in [2.24, 2.45) is 0 Å². The van der Waals surface area contributed by atoms with Gasteiger partial charge in [0.15, 0.2) is 0 Å². The van der Waals surface area contributed by atoms with Crippen LogP contribution in [0.25, 0.3) is 10.9 Å². The molecule has 130 valence electrons. The second kappa shape index (κ2) is 7.30. The van der Waals surface area contributed by atoms with Crippen molar-refractivity contribution in [2.45, 2.75) is 25.3 Å². The van der Waals surface area contributed by atoms with Crippen LogP contribution in [0, 0.1) is 5.82 Å². The molecule has 0 unspecified atom stereocenters. The van der Waals surface area contributed by atoms with E-state index in [-0.39, 0.29) is 5.82 Å². The van der Waals surface area contributed by atoms with Gasteiger partial charge in [-0.1, -0.05) is 34.1 Å². The number of nitrogens with zero attached hydrogens (tertiary/aromatic N) is 2. The molecule has 0 N–H and O–H groups in total. The minimum Gasteiger partial charge on any atom is -0.344 e. The summed E-state index contributed by atoms with van der Waals surface area (Å²) in [5, 5.41) is 1.29. The van der Waals surface area contributed by atoms with Gasteiger partial charge in [-0.05, 0) is 55.2 Å². The lowest BCUT2D eigenvalue weighted by Crippen LogP contribution is -2.35. The molecular formula is C21H22BrFN2. The first-order valence-electron chi connectivity index (χ1n) is 8.92. The third-order valence-electron chi connectivity index (χ3n) is 5.29. The summed E-state index contributed by atoms with van der Waals surface area (Å²) in [5.74, 6) is -0.157. The first-order chi connectivity index (χ1) is 12.2. The number of likely N-dealkylation sites (tertiary alicyclic amines) is 1. The monoisotopic (exact) mass is 400 g/mol. The van der Waals surface area contributed by atoms with Gasteiger partial charge in [-0.3, -0.25) is 0 Å². The molecule has 3 aromatic rings. The molecule has 1 fully saturated rings. The van der Waals surface area contributed by atoms with Gasteiger partial charge in [-0.25, -0.2) is 4.39 Å². The van der Waals surface area contributed by atoms with Gasteiger partial charge in [0.2, 0.25) is 0 Å². The topological polar surface area (TPSA) is 8.17 Å². The van der Waals surface area contributed by atoms with E-state index in [0.717, 1.165) is 26.1 Å². The van der Waals surface area contributed by atoms with Gasteiger partial charge in [-0.15, -0.1) is 0 Å². The number of rotatable bonds is 4. The highest BCUT2D eigenvalue weighted by molar-refractivity contribution is 9.10. The van der Waals surface area contributed by atoms with E-state index in [2.05, 4.69) is 55.9 Å². The van der Waals surface area contributed by atoms with Gasteiger partial charge in [0.25, 0.3) is 0 Å². The summed E-state index contributed by atoms with van der Waals surface area (Å²) in [6, 6.07) is 16.1. The van der Waals surface area contributed by atoms with Crippen LogP contribution in [0.1, 0.15) is 24.4 Å². The van der Waals surface area contributed by atoms with Gasteiger partial charge in [0.1, 0.15) is 5.82 Å². The van der Waals surface area contributed by atoms with Gasteiger partial charge in [0.05, 0.1) is 0 Å². The average molecular weight is 401 g/mol. The van der Waals surface area contributed by atoms with E-state index < -0.39 is 0 Å². The third kappa shape index (κ3) is 3.65. The summed E-state index contributed by atoms with van der Waals surface area (Å²) in [5.41, 5.74) is 2.53. The quantitative estimate of drug-likeness (QED) is 0.567. The molecule has 0 radical (unpaired) electrons. The highest BCUT2D eigenvalue weighted by atomic mass is 79.9. The predicted octanol–water partition coefficient (Wildman–Crippen LogP) is 5.42. The molecule has 1 saturated heterocycles. The van der Waals surface area contributed by atoms with Crippen LogP contribution in [0.5, 0.6) is 0 Å². The van der Waals surface area contributed by atoms with Crippen molar-refractivity contribution in [1.29, 1.82) is 0 Å². The minimum absolute atomic E-state index is 0.157. The fourth-order valence-corrected chi connectivity index (χ4v) is 4.32. The number of fused-ring (bicyclic) bond motifs is 1. The Morgan fingerprint density at radius 1 is 1.00 bits per heavy atom. The molecule has 0 aliphatic carbocycles. The van der Waals surface area contributed by atoms with Gasteiger partial charge in [-0.2, -0.15) is 0 Å². The van der Waals surface area contributed by atoms with Gasteiger partial charge >= 0.3 is 0 Å². The third-order valence-corrected chi connectivity index (χ3v) is 5.98. The Hall–Kier alpha value is -1.65. The van der Waals surface area contributed by atoms with Gasteiger partial charge < -0.3 is 9.47 Å². The van der Waals surface area contributed by atoms with E-state index in [1.165, 1.54) is 33.8 Å². The van der Waals surface area contributed by atoms with E-state index in [9.17, 15) is 4.39 Å². The van der Waals surface area contributed by atoms with Crippen LogP contribution in [-0.2, 0) is 6.42 Å². The maximum absolute atomic E-state index is 13.0. The lowest BCUT2D eigenvalue weighted by atomic mass is 10.0. The number of benzene rings is 2. The standard InChI is InChI=1S/C21H22BrFN2/c22-20-2-1-3-21-19(20)11-15-25(21)18-9-13-24(14-10-18)12-8-16-4-6-17(23)7-5-16/h1-7,11,15,18H,8-10,12-14H2. The van der Waals surface area contributed by atoms with Crippen molar-refractivity contribution < 1.29 is 4.39 Å². The number of hydrogen-bond acceptors (Lipinski definition) is 1. The Bertz CT molecular complexity index is 848. The van der Waals surface area contributed by atoms with Crippen molar-refractivity contribution in [3.8, 4) is 0 Å². The zero-order valence-electron chi connectivity index (χ0n) is 14.2. The molecule has 1 aromatic heterocycles. The van der Waals surface area contributed by atoms with Crippen LogP contribution in [0.2, 0.25) is 0 Å². The van der Waals surface area contributed by atoms with Crippen molar-refractivity contribution in [3.63, 3.8) is 0 Å². The van der Waals surface area contributed by atoms with E-state index in [4.69, 9.17) is 0 Å². The predicted molar refractivity (Wildman–Crippen MR) is 104 cm³/mol. The maximum Gasteiger partial charge on any atom is 0.123 e. The first kappa shape index (κ1) is 16.8. The Kier molecular flexibility index (Phi) is 4.91. The summed E-state index contributed by atoms with van der Waals surface area (Å²) in [6.07, 6.45) is 5.58. The Balaban J connectivity index is 1.36. The van der Waals surface area contributed by atoms with Crippen LogP contribution < -0.4 is 0 Å². The molecule has 25 heavy (non-hydrogen) atoms. The Labute approximate surface area is 156 Å². The van der Waals surface area contributed by atoms with Crippen LogP contribution in [-0.4, -0.2) is 29.1 Å². The Morgan fingerprint density at radius 2 is 1.76 bits per heavy atom. The molecule has 2 heterocycles. The molecule has 1 aliphatic heterocycles. The summed E-state index contributed by atoms with van der Waals surface area (Å²) in [4.78, 5) is 2.53. The first-order valence-corrected chi connectivity index (χ1v) is 9.72. The van der Waals surface area contributed by atoms with Crippen LogP contribution in [0.15, 0.2) is 59.2 Å². The molecule has 0 saturated carbocycles. The van der Waals surface area contributed by atoms with Crippen molar-refractivity contribution in [2.75, 3.05) is 19.6 Å². The van der Waals surface area contributed by atoms with Crippen LogP contribution in [0.4, 0.5) is 4.39 Å². The van der Waals surface area contributed by atoms with E-state index in [0.29, 0.717) is 6.04 Å². The number of hydrogen-bond donors (Lipinski definition) is 0. The molecule has 0 bridgehead atoms. The molecule has 4 rings (SSSR count). The fraction of sp³-hybridized carbons (Fsp3) is 0.333. The lowest BCUT2D eigenvalue weighted by molar-refractivity contribution is 0.190. The second-order valence-electron chi connectivity index (χ2n) is 6.84. The molecule has 0 amide bonds. The van der Waals surface area contributed by atoms with Crippen LogP contribution in [0.3, 0.4) is 0 Å². The van der Waals surface area contributed by atoms with Crippen molar-refractivity contribution in [3.05, 3.63) is 70.6 Å². The fourth-order valence-electron chi connectivity index (χ4n) is 3.83. The largest absolute Gasteiger partial charge is 0.344 e. The molecule has 0 atom stereocenters. The summed E-state index contributed by atoms with van der Waals surface area (Å²) >= 11 is 3.65. The normalized spacial score (nSPS) is 16.6. The molecule has 0 spiro atoms. The van der Waals surface area contributed by atoms with Crippen molar-refractivity contribution >= 4 is 26.8 Å². The summed E-state index contributed by atoms with van der Waals surface area (Å²) in [6.45, 7) is 3.30. The minimum atomic E-state index is -0.157. The molecule has 2 aromatic carbocycles. The van der Waals surface area contributed by atoms with E-state index in [1.54, 1.807) is 12.1 Å². The molecular weight excluding hydrogens is 379 g/mol. The number of halogens is 2. The Morgan fingerprint density at radius 3 is 2.52 bits per heavy atom. The zero-order chi connectivity index (χ0) is 17.2. The lowest BCUT2D eigenvalue weighted by Gasteiger charge is -2.33. The maximum atomic E-state index is 13.0. The van der Waals surface area contributed by atoms with E-state index in [1.807, 2.05) is 12.1 Å². The van der Waals surface area contributed by atoms with Crippen LogP contribution >= 0.6 is 15.9 Å². The molecule has 4 heteroatoms. The number of aromatic nitrogens is 1. The van der Waals surface area contributed by atoms with Gasteiger partial charge in [0, 0.05) is 47.2 Å². The summed E-state index contributed by atoms with van der Waals surface area (Å²) in [7, 11) is 0. The average Bonchev–Trinajstić information content (AvgIpc) is 3.07. The molecule has 2 nitrogen and oxygen atoms in total. The zero-order valence-corrected chi connectivity index (χ0v) is 15.8. The highest BCUT2D eigenvalue weighted by Crippen LogP contribution is 2.31. The highest BCUT2D eigenvalue weighted by Gasteiger charge is 2.21. The number of piperidine rings is 1. The van der Waals surface area contributed by atoms with Crippen molar-refractivity contribution in [1.82, 2.24) is 9.47 Å². The van der Waals surface area contributed by atoms with E-state index >= 15 is 0 Å². The summed E-state index contributed by atoms with van der Waals surface area (Å²) < 4.78 is 16.6. The smallest absolute Gasteiger partial charge is 0.123 e. The SMILES string of the molecule is Fc1ccc(CCN2CCC(n3ccc4c(Br)cccc43)CC2)cc1. The molecule has 1 aliphatic rings.